The van der Waals surface area contributed by atoms with Gasteiger partial charge in [-0.15, -0.1) is 6.58 Å². The number of benzene rings is 1. The van der Waals surface area contributed by atoms with Crippen LogP contribution in [0.5, 0.6) is 0 Å². The molecule has 1 fully saturated rings. The van der Waals surface area contributed by atoms with Crippen molar-refractivity contribution >= 4 is 21.8 Å². The Morgan fingerprint density at radius 1 is 1.35 bits per heavy atom. The largest absolute Gasteiger partial charge is 0.406 e. The molecule has 1 aromatic rings. The molecule has 2 aliphatic rings. The van der Waals surface area contributed by atoms with Crippen molar-refractivity contribution in [3.05, 3.63) is 42.0 Å². The van der Waals surface area contributed by atoms with Gasteiger partial charge in [-0.2, -0.15) is 13.2 Å². The molecule has 0 N–H and O–H groups in total. The maximum absolute atomic E-state index is 12.7. The summed E-state index contributed by atoms with van der Waals surface area (Å²) in [4.78, 5) is 24.9. The fourth-order valence-electron chi connectivity index (χ4n) is 2.82. The summed E-state index contributed by atoms with van der Waals surface area (Å²) in [5.41, 5.74) is -0.302. The normalized spacial score (nSPS) is 18.6. The predicted molar refractivity (Wildman–Crippen MR) is 85.0 cm³/mol. The number of nitrogens with zero attached hydrogens (tertiary/aromatic N) is 2. The number of hydrogen-bond acceptors (Lipinski definition) is 4. The number of carbonyl (C=O) groups excluding carboxylic acids is 2. The second-order valence-corrected chi connectivity index (χ2v) is 7.92. The lowest BCUT2D eigenvalue weighted by atomic mass is 10.1. The lowest BCUT2D eigenvalue weighted by molar-refractivity contribution is -0.139. The van der Waals surface area contributed by atoms with Crippen LogP contribution in [0.4, 0.5) is 13.2 Å². The van der Waals surface area contributed by atoms with Crippen LogP contribution in [0.1, 0.15) is 33.6 Å². The zero-order chi connectivity index (χ0) is 19.3. The van der Waals surface area contributed by atoms with Crippen LogP contribution in [0.3, 0.4) is 0 Å². The van der Waals surface area contributed by atoms with Crippen LogP contribution < -0.4 is 0 Å². The summed E-state index contributed by atoms with van der Waals surface area (Å²) >= 11 is 0. The van der Waals surface area contributed by atoms with E-state index < -0.39 is 34.6 Å². The van der Waals surface area contributed by atoms with Gasteiger partial charge in [0, 0.05) is 18.2 Å². The SMILES string of the molecule is C=CCN(CC(F)(F)F)C(=O)c1ccc2c(c1)S(=O)(=O)N(C1CC1)C2=O. The lowest BCUT2D eigenvalue weighted by Crippen LogP contribution is -2.39. The second-order valence-electron chi connectivity index (χ2n) is 6.14. The highest BCUT2D eigenvalue weighted by atomic mass is 32.2. The van der Waals surface area contributed by atoms with E-state index in [-0.39, 0.29) is 28.6 Å². The zero-order valence-electron chi connectivity index (χ0n) is 13.5. The minimum absolute atomic E-state index is 0.0699. The number of sulfonamides is 1. The smallest absolute Gasteiger partial charge is 0.326 e. The summed E-state index contributed by atoms with van der Waals surface area (Å²) < 4.78 is 63.9. The van der Waals surface area contributed by atoms with Gasteiger partial charge in [-0.25, -0.2) is 12.7 Å². The maximum atomic E-state index is 12.7. The molecule has 0 spiro atoms. The molecule has 1 aliphatic heterocycles. The molecule has 1 aliphatic carbocycles. The number of alkyl halides is 3. The van der Waals surface area contributed by atoms with E-state index in [2.05, 4.69) is 6.58 Å². The molecule has 2 amide bonds. The van der Waals surface area contributed by atoms with E-state index in [0.29, 0.717) is 17.7 Å². The van der Waals surface area contributed by atoms with Crippen molar-refractivity contribution in [2.45, 2.75) is 30.0 Å². The Labute approximate surface area is 147 Å². The minimum Gasteiger partial charge on any atom is -0.326 e. The molecule has 10 heteroatoms. The summed E-state index contributed by atoms with van der Waals surface area (Å²) in [6.45, 7) is 1.48. The number of rotatable bonds is 5. The Kier molecular flexibility index (Phi) is 4.33. The maximum Gasteiger partial charge on any atom is 0.406 e. The molecular weight excluding hydrogens is 373 g/mol. The van der Waals surface area contributed by atoms with Gasteiger partial charge < -0.3 is 4.90 Å². The van der Waals surface area contributed by atoms with Crippen molar-refractivity contribution in [2.75, 3.05) is 13.1 Å². The van der Waals surface area contributed by atoms with Gasteiger partial charge in [0.25, 0.3) is 21.8 Å². The molecule has 3 rings (SSSR count). The molecule has 1 saturated carbocycles. The molecule has 0 radical (unpaired) electrons. The Hall–Kier alpha value is -2.36. The van der Waals surface area contributed by atoms with E-state index in [4.69, 9.17) is 0 Å². The molecule has 0 bridgehead atoms. The summed E-state index contributed by atoms with van der Waals surface area (Å²) in [6, 6.07) is 2.92. The number of carbonyl (C=O) groups is 2. The molecule has 1 heterocycles. The van der Waals surface area contributed by atoms with Gasteiger partial charge in [-0.1, -0.05) is 6.08 Å². The monoisotopic (exact) mass is 388 g/mol. The van der Waals surface area contributed by atoms with Crippen molar-refractivity contribution in [1.82, 2.24) is 9.21 Å². The Balaban J connectivity index is 1.96. The summed E-state index contributed by atoms with van der Waals surface area (Å²) in [5, 5.41) is 0. The Bertz CT molecular complexity index is 891. The minimum atomic E-state index is -4.61. The molecule has 0 aromatic heterocycles. The topological polar surface area (TPSA) is 74.8 Å². The van der Waals surface area contributed by atoms with E-state index in [0.717, 1.165) is 22.5 Å². The number of amides is 2. The average molecular weight is 388 g/mol. The van der Waals surface area contributed by atoms with Gasteiger partial charge >= 0.3 is 6.18 Å². The molecular formula is C16H15F3N2O4S. The van der Waals surface area contributed by atoms with Crippen molar-refractivity contribution in [1.29, 1.82) is 0 Å². The standard InChI is InChI=1S/C16H15F3N2O4S/c1-2-7-20(9-16(17,18)19)14(22)10-3-6-12-13(8-10)26(24,25)21(15(12)23)11-4-5-11/h2-3,6,8,11H,1,4-5,7,9H2. The molecule has 0 atom stereocenters. The van der Waals surface area contributed by atoms with Crippen molar-refractivity contribution in [2.24, 2.45) is 0 Å². The molecule has 6 nitrogen and oxygen atoms in total. The molecule has 0 unspecified atom stereocenters. The first-order chi connectivity index (χ1) is 12.1. The fourth-order valence-corrected chi connectivity index (χ4v) is 4.67. The molecule has 0 saturated heterocycles. The quantitative estimate of drug-likeness (QED) is 0.725. The van der Waals surface area contributed by atoms with Crippen LogP contribution in [-0.2, 0) is 10.0 Å². The van der Waals surface area contributed by atoms with Gasteiger partial charge in [0.05, 0.1) is 5.56 Å². The average Bonchev–Trinajstić information content (AvgIpc) is 3.33. The van der Waals surface area contributed by atoms with Crippen LogP contribution in [0, 0.1) is 0 Å². The van der Waals surface area contributed by atoms with Crippen LogP contribution in [0.2, 0.25) is 0 Å². The first kappa shape index (κ1) is 18.4. The first-order valence-corrected chi connectivity index (χ1v) is 9.20. The zero-order valence-corrected chi connectivity index (χ0v) is 14.3. The predicted octanol–water partition coefficient (Wildman–Crippen LogP) is 2.18. The molecule has 26 heavy (non-hydrogen) atoms. The number of halogens is 3. The second kappa shape index (κ2) is 6.11. The Morgan fingerprint density at radius 3 is 2.54 bits per heavy atom. The lowest BCUT2D eigenvalue weighted by Gasteiger charge is -2.22. The van der Waals surface area contributed by atoms with E-state index in [1.807, 2.05) is 0 Å². The fraction of sp³-hybridized carbons (Fsp3) is 0.375. The summed E-state index contributed by atoms with van der Waals surface area (Å²) in [5.74, 6) is -1.66. The van der Waals surface area contributed by atoms with Gasteiger partial charge in [0.15, 0.2) is 0 Å². The highest BCUT2D eigenvalue weighted by Gasteiger charge is 2.49. The van der Waals surface area contributed by atoms with E-state index in [1.54, 1.807) is 0 Å². The van der Waals surface area contributed by atoms with Gasteiger partial charge in [0.1, 0.15) is 11.4 Å². The molecule has 1 aromatic carbocycles. The van der Waals surface area contributed by atoms with Crippen LogP contribution in [0.25, 0.3) is 0 Å². The van der Waals surface area contributed by atoms with Gasteiger partial charge in [-0.3, -0.25) is 9.59 Å². The third-order valence-corrected chi connectivity index (χ3v) is 5.96. The van der Waals surface area contributed by atoms with Crippen molar-refractivity contribution < 1.29 is 31.2 Å². The van der Waals surface area contributed by atoms with E-state index >= 15 is 0 Å². The third kappa shape index (κ3) is 3.20. The summed E-state index contributed by atoms with van der Waals surface area (Å²) in [7, 11) is -4.09. The van der Waals surface area contributed by atoms with E-state index in [1.165, 1.54) is 6.07 Å². The van der Waals surface area contributed by atoms with E-state index in [9.17, 15) is 31.2 Å². The van der Waals surface area contributed by atoms with Gasteiger partial charge in [-0.05, 0) is 31.0 Å². The highest BCUT2D eigenvalue weighted by molar-refractivity contribution is 7.90. The summed E-state index contributed by atoms with van der Waals surface area (Å²) in [6.07, 6.45) is -2.32. The third-order valence-electron chi connectivity index (χ3n) is 4.08. The Morgan fingerprint density at radius 2 is 2.00 bits per heavy atom. The van der Waals surface area contributed by atoms with Crippen LogP contribution in [-0.4, -0.2) is 54.7 Å². The number of hydrogen-bond donors (Lipinski definition) is 0. The van der Waals surface area contributed by atoms with Crippen molar-refractivity contribution in [3.8, 4) is 0 Å². The number of fused-ring (bicyclic) bond motifs is 1. The molecule has 140 valence electrons. The first-order valence-electron chi connectivity index (χ1n) is 7.76. The van der Waals surface area contributed by atoms with Gasteiger partial charge in [0.2, 0.25) is 0 Å². The van der Waals surface area contributed by atoms with Crippen LogP contribution in [0.15, 0.2) is 35.7 Å². The van der Waals surface area contributed by atoms with Crippen molar-refractivity contribution in [3.63, 3.8) is 0 Å². The van der Waals surface area contributed by atoms with Crippen LogP contribution >= 0.6 is 0 Å². The highest BCUT2D eigenvalue weighted by Crippen LogP contribution is 2.39.